The van der Waals surface area contributed by atoms with Gasteiger partial charge in [-0.25, -0.2) is 0 Å². The van der Waals surface area contributed by atoms with Gasteiger partial charge in [0.25, 0.3) is 0 Å². The second-order valence-corrected chi connectivity index (χ2v) is 14.3. The standard InChI is InChI=1S/C48H29NS/c1-2-16-37-35(14-1)36-15-3-4-17-38(36)44-29-31(26-27-39(37)44)34-21-11-23-43-42-22-10-20-33(47(42)50-48(34)43)30-12-9-13-32(28-30)49-45-24-7-5-18-40(45)41-19-6-8-25-46(41)49/h1-29H. The minimum atomic E-state index is 1.18. The van der Waals surface area contributed by atoms with Crippen LogP contribution in [0.15, 0.2) is 176 Å². The van der Waals surface area contributed by atoms with Gasteiger partial charge in [-0.1, -0.05) is 146 Å². The lowest BCUT2D eigenvalue weighted by Crippen LogP contribution is -1.94. The van der Waals surface area contributed by atoms with Crippen molar-refractivity contribution in [1.82, 2.24) is 4.57 Å². The van der Waals surface area contributed by atoms with Gasteiger partial charge in [-0.15, -0.1) is 11.3 Å². The van der Waals surface area contributed by atoms with E-state index in [0.29, 0.717) is 0 Å². The molecule has 1 nitrogen and oxygen atoms in total. The molecule has 0 unspecified atom stereocenters. The summed E-state index contributed by atoms with van der Waals surface area (Å²) in [4.78, 5) is 0. The molecule has 0 atom stereocenters. The first-order valence-corrected chi connectivity index (χ1v) is 18.0. The molecule has 0 bridgehead atoms. The highest BCUT2D eigenvalue weighted by Gasteiger charge is 2.17. The molecule has 0 aliphatic rings. The summed E-state index contributed by atoms with van der Waals surface area (Å²) in [7, 11) is 0. The summed E-state index contributed by atoms with van der Waals surface area (Å²) in [6.07, 6.45) is 0. The number of fused-ring (bicyclic) bond motifs is 12. The molecule has 2 heteroatoms. The van der Waals surface area contributed by atoms with Crippen LogP contribution >= 0.6 is 11.3 Å². The van der Waals surface area contributed by atoms with Gasteiger partial charge in [0.1, 0.15) is 0 Å². The third kappa shape index (κ3) is 3.94. The van der Waals surface area contributed by atoms with Crippen LogP contribution in [-0.4, -0.2) is 4.57 Å². The largest absolute Gasteiger partial charge is 0.309 e. The van der Waals surface area contributed by atoms with Crippen molar-refractivity contribution in [2.45, 2.75) is 0 Å². The summed E-state index contributed by atoms with van der Waals surface area (Å²) in [5.74, 6) is 0. The fourth-order valence-electron chi connectivity index (χ4n) is 8.36. The summed E-state index contributed by atoms with van der Waals surface area (Å²) in [6, 6.07) is 64.8. The topological polar surface area (TPSA) is 4.93 Å². The Hall–Kier alpha value is -6.22. The van der Waals surface area contributed by atoms with Gasteiger partial charge in [-0.2, -0.15) is 0 Å². The molecule has 2 aromatic heterocycles. The number of hydrogen-bond acceptors (Lipinski definition) is 1. The summed E-state index contributed by atoms with van der Waals surface area (Å²) >= 11 is 1.92. The molecular formula is C48H29NS. The first kappa shape index (κ1) is 27.7. The van der Waals surface area contributed by atoms with Crippen molar-refractivity contribution < 1.29 is 0 Å². The van der Waals surface area contributed by atoms with Gasteiger partial charge in [-0.3, -0.25) is 0 Å². The second kappa shape index (κ2) is 10.6. The van der Waals surface area contributed by atoms with E-state index in [1.165, 1.54) is 102 Å². The van der Waals surface area contributed by atoms with Crippen molar-refractivity contribution in [3.8, 4) is 27.9 Å². The van der Waals surface area contributed by atoms with E-state index in [0.717, 1.165) is 0 Å². The average molecular weight is 652 g/mol. The lowest BCUT2D eigenvalue weighted by molar-refractivity contribution is 1.18. The normalized spacial score (nSPS) is 12.0. The van der Waals surface area contributed by atoms with Gasteiger partial charge < -0.3 is 4.57 Å². The van der Waals surface area contributed by atoms with Gasteiger partial charge in [0.2, 0.25) is 0 Å². The molecule has 0 aliphatic carbocycles. The van der Waals surface area contributed by atoms with Crippen molar-refractivity contribution in [2.75, 3.05) is 0 Å². The number of benzene rings is 9. The molecule has 0 saturated carbocycles. The highest BCUT2D eigenvalue weighted by atomic mass is 32.1. The number of thiophene rings is 1. The minimum absolute atomic E-state index is 1.18. The Kier molecular flexibility index (Phi) is 5.89. The molecule has 0 fully saturated rings. The average Bonchev–Trinajstić information content (AvgIpc) is 3.74. The Morgan fingerprint density at radius 1 is 0.300 bits per heavy atom. The molecule has 50 heavy (non-hydrogen) atoms. The van der Waals surface area contributed by atoms with Crippen molar-refractivity contribution >= 4 is 85.6 Å². The van der Waals surface area contributed by atoms with Gasteiger partial charge >= 0.3 is 0 Å². The first-order valence-electron chi connectivity index (χ1n) is 17.2. The van der Waals surface area contributed by atoms with Crippen LogP contribution in [0.5, 0.6) is 0 Å². The highest BCUT2D eigenvalue weighted by Crippen LogP contribution is 2.45. The Balaban J connectivity index is 1.11. The number of para-hydroxylation sites is 2. The summed E-state index contributed by atoms with van der Waals surface area (Å²) < 4.78 is 5.06. The van der Waals surface area contributed by atoms with Crippen LogP contribution in [0, 0.1) is 0 Å². The molecule has 0 N–H and O–H groups in total. The van der Waals surface area contributed by atoms with Crippen LogP contribution < -0.4 is 0 Å². The molecule has 11 aromatic rings. The maximum Gasteiger partial charge on any atom is 0.0541 e. The Labute approximate surface area is 292 Å². The van der Waals surface area contributed by atoms with Crippen molar-refractivity contribution in [3.63, 3.8) is 0 Å². The van der Waals surface area contributed by atoms with Crippen LogP contribution in [-0.2, 0) is 0 Å². The van der Waals surface area contributed by atoms with Crippen LogP contribution in [0.3, 0.4) is 0 Å². The van der Waals surface area contributed by atoms with Crippen LogP contribution in [0.25, 0.3) is 102 Å². The van der Waals surface area contributed by atoms with Crippen molar-refractivity contribution in [1.29, 1.82) is 0 Å². The van der Waals surface area contributed by atoms with E-state index in [9.17, 15) is 0 Å². The predicted molar refractivity (Wildman–Crippen MR) is 217 cm³/mol. The van der Waals surface area contributed by atoms with E-state index in [1.54, 1.807) is 0 Å². The smallest absolute Gasteiger partial charge is 0.0541 e. The van der Waals surface area contributed by atoms with E-state index in [2.05, 4.69) is 180 Å². The zero-order valence-electron chi connectivity index (χ0n) is 27.1. The van der Waals surface area contributed by atoms with E-state index < -0.39 is 0 Å². The summed E-state index contributed by atoms with van der Waals surface area (Å²) in [6.45, 7) is 0. The Morgan fingerprint density at radius 3 is 1.32 bits per heavy atom. The molecule has 0 radical (unpaired) electrons. The molecule has 0 amide bonds. The van der Waals surface area contributed by atoms with E-state index in [-0.39, 0.29) is 0 Å². The van der Waals surface area contributed by atoms with Gasteiger partial charge in [0, 0.05) is 36.6 Å². The molecule has 11 rings (SSSR count). The number of nitrogens with zero attached hydrogens (tertiary/aromatic N) is 1. The third-order valence-electron chi connectivity index (χ3n) is 10.6. The van der Waals surface area contributed by atoms with Crippen molar-refractivity contribution in [3.05, 3.63) is 176 Å². The molecular weight excluding hydrogens is 623 g/mol. The highest BCUT2D eigenvalue weighted by molar-refractivity contribution is 7.26. The molecule has 2 heterocycles. The molecule has 232 valence electrons. The predicted octanol–water partition coefficient (Wildman–Crippen LogP) is 13.9. The second-order valence-electron chi connectivity index (χ2n) is 13.2. The Morgan fingerprint density at radius 2 is 0.740 bits per heavy atom. The van der Waals surface area contributed by atoms with Gasteiger partial charge in [-0.05, 0) is 84.9 Å². The van der Waals surface area contributed by atoms with E-state index in [1.807, 2.05) is 11.3 Å². The van der Waals surface area contributed by atoms with E-state index >= 15 is 0 Å². The first-order chi connectivity index (χ1) is 24.8. The zero-order chi connectivity index (χ0) is 32.8. The van der Waals surface area contributed by atoms with Gasteiger partial charge in [0.05, 0.1) is 11.0 Å². The molecule has 0 aliphatic heterocycles. The Bertz CT molecular complexity index is 3070. The SMILES string of the molecule is c1cc(-c2cccc3c2sc2c(-c4ccc5c6ccccc6c6ccccc6c5c4)cccc23)cc(-n2c3ccccc3c3ccccc32)c1. The minimum Gasteiger partial charge on any atom is -0.309 e. The summed E-state index contributed by atoms with van der Waals surface area (Å²) in [5.41, 5.74) is 8.67. The molecule has 0 saturated heterocycles. The van der Waals surface area contributed by atoms with E-state index in [4.69, 9.17) is 0 Å². The number of rotatable bonds is 3. The zero-order valence-corrected chi connectivity index (χ0v) is 27.9. The quantitative estimate of drug-likeness (QED) is 0.168. The van der Waals surface area contributed by atoms with Crippen LogP contribution in [0.1, 0.15) is 0 Å². The van der Waals surface area contributed by atoms with Gasteiger partial charge in [0.15, 0.2) is 0 Å². The monoisotopic (exact) mass is 651 g/mol. The third-order valence-corrected chi connectivity index (χ3v) is 11.9. The maximum atomic E-state index is 2.42. The lowest BCUT2D eigenvalue weighted by atomic mass is 9.92. The fraction of sp³-hybridized carbons (Fsp3) is 0. The molecule has 0 spiro atoms. The summed E-state index contributed by atoms with van der Waals surface area (Å²) in [5, 5.41) is 13.0. The number of hydrogen-bond donors (Lipinski definition) is 0. The fourth-order valence-corrected chi connectivity index (χ4v) is 9.74. The lowest BCUT2D eigenvalue weighted by Gasteiger charge is -2.12. The van der Waals surface area contributed by atoms with Crippen LogP contribution in [0.2, 0.25) is 0 Å². The van der Waals surface area contributed by atoms with Crippen molar-refractivity contribution in [2.24, 2.45) is 0 Å². The maximum absolute atomic E-state index is 2.42. The molecule has 9 aromatic carbocycles. The van der Waals surface area contributed by atoms with Crippen LogP contribution in [0.4, 0.5) is 0 Å². The number of aromatic nitrogens is 1.